The van der Waals surface area contributed by atoms with Gasteiger partial charge < -0.3 is 14.8 Å². The Morgan fingerprint density at radius 1 is 1.17 bits per heavy atom. The van der Waals surface area contributed by atoms with Crippen LogP contribution < -0.4 is 10.1 Å². The van der Waals surface area contributed by atoms with Gasteiger partial charge in [0, 0.05) is 12.3 Å². The molecule has 0 aromatic heterocycles. The number of nitrogens with one attached hydrogen (secondary N) is 1. The summed E-state index contributed by atoms with van der Waals surface area (Å²) in [5.74, 6) is 0.735. The van der Waals surface area contributed by atoms with E-state index in [9.17, 15) is 4.79 Å². The van der Waals surface area contributed by atoms with E-state index < -0.39 is 5.60 Å². The summed E-state index contributed by atoms with van der Waals surface area (Å²) in [4.78, 5) is 12.7. The number of amides is 1. The van der Waals surface area contributed by atoms with Crippen molar-refractivity contribution in [3.63, 3.8) is 0 Å². The maximum atomic E-state index is 12.7. The molecule has 0 unspecified atom stereocenters. The van der Waals surface area contributed by atoms with Gasteiger partial charge in [0.2, 0.25) is 0 Å². The molecule has 1 aromatic rings. The third-order valence-electron chi connectivity index (χ3n) is 4.14. The summed E-state index contributed by atoms with van der Waals surface area (Å²) in [5.41, 5.74) is -0.0166. The van der Waals surface area contributed by atoms with E-state index in [0.717, 1.165) is 43.5 Å². The van der Waals surface area contributed by atoms with E-state index in [1.54, 1.807) is 0 Å². The molecule has 0 aliphatic carbocycles. The summed E-state index contributed by atoms with van der Waals surface area (Å²) in [5, 5.41) is 2.98. The largest absolute Gasteiger partial charge is 0.491 e. The van der Waals surface area contributed by atoms with Gasteiger partial charge in [0.1, 0.15) is 11.4 Å². The second-order valence-corrected chi connectivity index (χ2v) is 6.50. The molecule has 0 spiro atoms. The predicted octanol–water partition coefficient (Wildman–Crippen LogP) is 5.18. The highest BCUT2D eigenvalue weighted by atomic mass is 16.5. The molecule has 0 radical (unpaired) electrons. The zero-order valence-corrected chi connectivity index (χ0v) is 15.9. The smallest absolute Gasteiger partial charge is 0.256 e. The summed E-state index contributed by atoms with van der Waals surface area (Å²) in [6.45, 7) is 10.8. The molecule has 1 amide bonds. The third-order valence-corrected chi connectivity index (χ3v) is 4.14. The average molecular weight is 335 g/mol. The maximum Gasteiger partial charge on any atom is 0.256 e. The first-order chi connectivity index (χ1) is 11.4. The molecule has 0 bridgehead atoms. The van der Waals surface area contributed by atoms with Crippen molar-refractivity contribution < 1.29 is 14.3 Å². The normalized spacial score (nSPS) is 14.7. The number of carbonyl (C=O) groups is 1. The second kappa shape index (κ2) is 10.3. The van der Waals surface area contributed by atoms with Crippen LogP contribution in [0.4, 0.5) is 5.69 Å². The average Bonchev–Trinajstić information content (AvgIpc) is 2.59. The van der Waals surface area contributed by atoms with Crippen molar-refractivity contribution in [2.75, 3.05) is 11.9 Å². The van der Waals surface area contributed by atoms with Gasteiger partial charge in [0.05, 0.1) is 6.10 Å². The van der Waals surface area contributed by atoms with Gasteiger partial charge in [-0.15, -0.1) is 0 Å². The molecule has 1 rings (SSSR count). The van der Waals surface area contributed by atoms with E-state index >= 15 is 0 Å². The van der Waals surface area contributed by atoms with E-state index in [4.69, 9.17) is 9.47 Å². The van der Waals surface area contributed by atoms with Crippen molar-refractivity contribution in [3.8, 4) is 5.75 Å². The molecule has 1 N–H and O–H groups in total. The SMILES string of the molecule is CCCC[C@@](C)(OCCC)C(=O)Nc1ccc(O[C@H](C)CC)cc1. The molecule has 0 saturated heterocycles. The molecule has 1 aromatic carbocycles. The van der Waals surface area contributed by atoms with E-state index in [0.29, 0.717) is 6.61 Å². The number of carbonyl (C=O) groups excluding carboxylic acids is 1. The summed E-state index contributed by atoms with van der Waals surface area (Å²) >= 11 is 0. The minimum Gasteiger partial charge on any atom is -0.491 e. The lowest BCUT2D eigenvalue weighted by atomic mass is 9.97. The molecule has 0 aliphatic heterocycles. The number of benzene rings is 1. The van der Waals surface area contributed by atoms with E-state index in [2.05, 4.69) is 19.2 Å². The van der Waals surface area contributed by atoms with Gasteiger partial charge in [-0.2, -0.15) is 0 Å². The van der Waals surface area contributed by atoms with Gasteiger partial charge in [-0.1, -0.05) is 33.6 Å². The minimum atomic E-state index is -0.780. The topological polar surface area (TPSA) is 47.6 Å². The van der Waals surface area contributed by atoms with Gasteiger partial charge in [-0.3, -0.25) is 4.79 Å². The third kappa shape index (κ3) is 6.52. The Kier molecular flexibility index (Phi) is 8.83. The van der Waals surface area contributed by atoms with Crippen LogP contribution in [0.25, 0.3) is 0 Å². The Hall–Kier alpha value is -1.55. The first kappa shape index (κ1) is 20.5. The van der Waals surface area contributed by atoms with Crippen molar-refractivity contribution in [2.45, 2.75) is 78.4 Å². The first-order valence-electron chi connectivity index (χ1n) is 9.17. The Labute approximate surface area is 146 Å². The molecule has 0 saturated carbocycles. The molecule has 136 valence electrons. The molecule has 4 heteroatoms. The van der Waals surface area contributed by atoms with Crippen molar-refractivity contribution in [2.24, 2.45) is 0 Å². The fourth-order valence-corrected chi connectivity index (χ4v) is 2.29. The Bertz CT molecular complexity index is 476. The molecular weight excluding hydrogens is 302 g/mol. The van der Waals surface area contributed by atoms with E-state index in [-0.39, 0.29) is 12.0 Å². The van der Waals surface area contributed by atoms with Crippen molar-refractivity contribution in [3.05, 3.63) is 24.3 Å². The van der Waals surface area contributed by atoms with Crippen LogP contribution in [0, 0.1) is 0 Å². The van der Waals surface area contributed by atoms with Crippen molar-refractivity contribution in [1.29, 1.82) is 0 Å². The number of unbranched alkanes of at least 4 members (excludes halogenated alkanes) is 1. The van der Waals surface area contributed by atoms with Crippen molar-refractivity contribution >= 4 is 11.6 Å². The summed E-state index contributed by atoms with van der Waals surface area (Å²) in [6.07, 6.45) is 4.78. The molecule has 0 aliphatic rings. The summed E-state index contributed by atoms with van der Waals surface area (Å²) < 4.78 is 11.6. The van der Waals surface area contributed by atoms with Crippen LogP contribution in [0.5, 0.6) is 5.75 Å². The zero-order chi connectivity index (χ0) is 18.0. The van der Waals surface area contributed by atoms with Gasteiger partial charge in [-0.25, -0.2) is 0 Å². The summed E-state index contributed by atoms with van der Waals surface area (Å²) in [6, 6.07) is 7.52. The summed E-state index contributed by atoms with van der Waals surface area (Å²) in [7, 11) is 0. The molecule has 4 nitrogen and oxygen atoms in total. The van der Waals surface area contributed by atoms with E-state index in [1.807, 2.05) is 45.0 Å². The van der Waals surface area contributed by atoms with Crippen LogP contribution in [0.3, 0.4) is 0 Å². The Balaban J connectivity index is 2.71. The van der Waals surface area contributed by atoms with Crippen LogP contribution in [0.15, 0.2) is 24.3 Å². The highest BCUT2D eigenvalue weighted by molar-refractivity contribution is 5.97. The lowest BCUT2D eigenvalue weighted by Crippen LogP contribution is -2.43. The van der Waals surface area contributed by atoms with Crippen LogP contribution in [-0.2, 0) is 9.53 Å². The Morgan fingerprint density at radius 2 is 1.83 bits per heavy atom. The lowest BCUT2D eigenvalue weighted by Gasteiger charge is -2.28. The van der Waals surface area contributed by atoms with Crippen LogP contribution in [-0.4, -0.2) is 24.2 Å². The zero-order valence-electron chi connectivity index (χ0n) is 15.9. The van der Waals surface area contributed by atoms with Crippen molar-refractivity contribution in [1.82, 2.24) is 0 Å². The standard InChI is InChI=1S/C20H33NO3/c1-6-9-14-20(5,23-15-7-2)19(22)21-17-10-12-18(13-11-17)24-16(4)8-3/h10-13,16H,6-9,14-15H2,1-5H3,(H,21,22)/t16-,20-/m1/s1. The highest BCUT2D eigenvalue weighted by Gasteiger charge is 2.33. The van der Waals surface area contributed by atoms with Gasteiger partial charge in [0.15, 0.2) is 0 Å². The molecule has 0 heterocycles. The number of anilines is 1. The monoisotopic (exact) mass is 335 g/mol. The highest BCUT2D eigenvalue weighted by Crippen LogP contribution is 2.23. The fraction of sp³-hybridized carbons (Fsp3) is 0.650. The predicted molar refractivity (Wildman–Crippen MR) is 99.6 cm³/mol. The van der Waals surface area contributed by atoms with E-state index in [1.165, 1.54) is 0 Å². The second-order valence-electron chi connectivity index (χ2n) is 6.50. The first-order valence-corrected chi connectivity index (χ1v) is 9.17. The molecule has 2 atom stereocenters. The minimum absolute atomic E-state index is 0.0833. The lowest BCUT2D eigenvalue weighted by molar-refractivity contribution is -0.140. The van der Waals surface area contributed by atoms with Crippen LogP contribution in [0.1, 0.15) is 66.7 Å². The van der Waals surface area contributed by atoms with Crippen LogP contribution in [0.2, 0.25) is 0 Å². The number of rotatable bonds is 11. The Morgan fingerprint density at radius 3 is 2.38 bits per heavy atom. The maximum absolute atomic E-state index is 12.7. The number of hydrogen-bond donors (Lipinski definition) is 1. The van der Waals surface area contributed by atoms with Gasteiger partial charge in [0.25, 0.3) is 5.91 Å². The van der Waals surface area contributed by atoms with Gasteiger partial charge in [-0.05, 0) is 57.4 Å². The van der Waals surface area contributed by atoms with Crippen LogP contribution >= 0.6 is 0 Å². The number of ether oxygens (including phenoxy) is 2. The van der Waals surface area contributed by atoms with Gasteiger partial charge >= 0.3 is 0 Å². The fourth-order valence-electron chi connectivity index (χ4n) is 2.29. The quantitative estimate of drug-likeness (QED) is 0.606. The number of hydrogen-bond acceptors (Lipinski definition) is 3. The molecule has 0 fully saturated rings. The molecular formula is C20H33NO3. The molecule has 24 heavy (non-hydrogen) atoms.